The van der Waals surface area contributed by atoms with Crippen LogP contribution in [0.5, 0.6) is 0 Å². The van der Waals surface area contributed by atoms with E-state index in [1.165, 1.54) is 11.1 Å². The van der Waals surface area contributed by atoms with Gasteiger partial charge in [-0.15, -0.1) is 0 Å². The van der Waals surface area contributed by atoms with Gasteiger partial charge in [-0.2, -0.15) is 0 Å². The average molecular weight is 268 g/mol. The van der Waals surface area contributed by atoms with E-state index in [0.717, 1.165) is 12.8 Å². The van der Waals surface area contributed by atoms with Crippen LogP contribution in [0.25, 0.3) is 0 Å². The Balaban J connectivity index is 2.01. The Bertz CT molecular complexity index is 488. The molecule has 0 saturated carbocycles. The maximum absolute atomic E-state index is 12.1. The Morgan fingerprint density at radius 3 is 2.33 bits per heavy atom. The van der Waals surface area contributed by atoms with Crippen LogP contribution in [0.4, 0.5) is 0 Å². The van der Waals surface area contributed by atoms with Crippen LogP contribution in [-0.4, -0.2) is 33.3 Å². The molecule has 0 aliphatic heterocycles. The van der Waals surface area contributed by atoms with Crippen LogP contribution in [0.2, 0.25) is 0 Å². The van der Waals surface area contributed by atoms with Crippen molar-refractivity contribution in [2.75, 3.05) is 13.6 Å². The van der Waals surface area contributed by atoms with Gasteiger partial charge in [0.2, 0.25) is 10.0 Å². The van der Waals surface area contributed by atoms with Gasteiger partial charge in [-0.25, -0.2) is 13.1 Å². The second-order valence-electron chi connectivity index (χ2n) is 4.91. The molecule has 0 fully saturated rings. The van der Waals surface area contributed by atoms with Crippen LogP contribution in [0.3, 0.4) is 0 Å². The number of hydrogen-bond acceptors (Lipinski definition) is 3. The van der Waals surface area contributed by atoms with Gasteiger partial charge in [0.15, 0.2) is 0 Å². The van der Waals surface area contributed by atoms with E-state index in [-0.39, 0.29) is 6.04 Å². The van der Waals surface area contributed by atoms with Crippen molar-refractivity contribution in [3.63, 3.8) is 0 Å². The predicted molar refractivity (Wildman–Crippen MR) is 73.1 cm³/mol. The summed E-state index contributed by atoms with van der Waals surface area (Å²) in [5.74, 6) is 0. The predicted octanol–water partition coefficient (Wildman–Crippen LogP) is 0.681. The molecular weight excluding hydrogens is 248 g/mol. The largest absolute Gasteiger partial charge is 0.318 e. The number of benzene rings is 1. The highest BCUT2D eigenvalue weighted by Gasteiger charge is 2.28. The molecule has 1 aromatic carbocycles. The monoisotopic (exact) mass is 268 g/mol. The average Bonchev–Trinajstić information content (AvgIpc) is 2.70. The molecule has 0 amide bonds. The first-order valence-corrected chi connectivity index (χ1v) is 7.80. The highest BCUT2D eigenvalue weighted by Crippen LogP contribution is 2.22. The maximum atomic E-state index is 12.1. The number of rotatable bonds is 5. The molecule has 1 aliphatic carbocycles. The van der Waals surface area contributed by atoms with Gasteiger partial charge >= 0.3 is 0 Å². The van der Waals surface area contributed by atoms with Crippen molar-refractivity contribution >= 4 is 10.0 Å². The number of nitrogens with one attached hydrogen (secondary N) is 2. The van der Waals surface area contributed by atoms with Gasteiger partial charge < -0.3 is 5.32 Å². The van der Waals surface area contributed by atoms with Crippen LogP contribution in [0.15, 0.2) is 24.3 Å². The Hall–Kier alpha value is -0.910. The van der Waals surface area contributed by atoms with Crippen molar-refractivity contribution in [2.24, 2.45) is 0 Å². The van der Waals surface area contributed by atoms with E-state index in [1.807, 2.05) is 12.1 Å². The summed E-state index contributed by atoms with van der Waals surface area (Å²) in [6.07, 6.45) is 1.59. The van der Waals surface area contributed by atoms with Gasteiger partial charge in [-0.3, -0.25) is 0 Å². The minimum Gasteiger partial charge on any atom is -0.318 e. The summed E-state index contributed by atoms with van der Waals surface area (Å²) in [5, 5.41) is 2.49. The zero-order chi connectivity index (χ0) is 13.2. The molecule has 0 aromatic heterocycles. The van der Waals surface area contributed by atoms with Crippen LogP contribution in [0, 0.1) is 0 Å². The molecule has 1 aliphatic rings. The molecule has 0 heterocycles. The fourth-order valence-corrected chi connectivity index (χ4v) is 3.64. The van der Waals surface area contributed by atoms with E-state index in [2.05, 4.69) is 22.2 Å². The van der Waals surface area contributed by atoms with Gasteiger partial charge in [0.05, 0.1) is 5.25 Å². The third-order valence-corrected chi connectivity index (χ3v) is 5.29. The van der Waals surface area contributed by atoms with Crippen molar-refractivity contribution in [3.8, 4) is 0 Å². The van der Waals surface area contributed by atoms with E-state index in [9.17, 15) is 8.42 Å². The lowest BCUT2D eigenvalue weighted by atomic mass is 10.1. The van der Waals surface area contributed by atoms with E-state index in [4.69, 9.17) is 0 Å². The fraction of sp³-hybridized carbons (Fsp3) is 0.538. The molecule has 4 nitrogen and oxygen atoms in total. The number of fused-ring (bicyclic) bond motifs is 1. The number of hydrogen-bond donors (Lipinski definition) is 2. The van der Waals surface area contributed by atoms with Gasteiger partial charge in [-0.1, -0.05) is 24.3 Å². The first kappa shape index (κ1) is 13.5. The SMILES string of the molecule is CNCC(C)S(=O)(=O)NC1Cc2ccccc2C1. The summed E-state index contributed by atoms with van der Waals surface area (Å²) in [4.78, 5) is 0. The fourth-order valence-electron chi connectivity index (χ4n) is 2.39. The van der Waals surface area contributed by atoms with Gasteiger partial charge in [0.25, 0.3) is 0 Å². The molecule has 0 spiro atoms. The zero-order valence-electron chi connectivity index (χ0n) is 10.8. The summed E-state index contributed by atoms with van der Waals surface area (Å²) in [5.41, 5.74) is 2.51. The van der Waals surface area contributed by atoms with E-state index in [1.54, 1.807) is 14.0 Å². The lowest BCUT2D eigenvalue weighted by Gasteiger charge is -2.17. The van der Waals surface area contributed by atoms with E-state index >= 15 is 0 Å². The third kappa shape index (κ3) is 2.91. The molecule has 2 rings (SSSR count). The molecule has 0 saturated heterocycles. The van der Waals surface area contributed by atoms with Crippen LogP contribution in [-0.2, 0) is 22.9 Å². The molecule has 0 bridgehead atoms. The van der Waals surface area contributed by atoms with Crippen molar-refractivity contribution in [2.45, 2.75) is 31.1 Å². The van der Waals surface area contributed by atoms with Crippen LogP contribution < -0.4 is 10.0 Å². The van der Waals surface area contributed by atoms with Gasteiger partial charge in [-0.05, 0) is 37.9 Å². The highest BCUT2D eigenvalue weighted by atomic mass is 32.2. The van der Waals surface area contributed by atoms with Crippen LogP contribution >= 0.6 is 0 Å². The summed E-state index contributed by atoms with van der Waals surface area (Å²) >= 11 is 0. The minimum atomic E-state index is -3.24. The summed E-state index contributed by atoms with van der Waals surface area (Å²) in [7, 11) is -1.47. The van der Waals surface area contributed by atoms with Crippen LogP contribution in [0.1, 0.15) is 18.1 Å². The molecule has 1 unspecified atom stereocenters. The smallest absolute Gasteiger partial charge is 0.215 e. The molecule has 0 radical (unpaired) electrons. The van der Waals surface area contributed by atoms with Gasteiger partial charge in [0, 0.05) is 12.6 Å². The van der Waals surface area contributed by atoms with Crippen molar-refractivity contribution in [1.82, 2.24) is 10.0 Å². The Morgan fingerprint density at radius 1 is 1.28 bits per heavy atom. The molecule has 18 heavy (non-hydrogen) atoms. The summed E-state index contributed by atoms with van der Waals surface area (Å²) in [6.45, 7) is 2.19. The summed E-state index contributed by atoms with van der Waals surface area (Å²) < 4.78 is 27.0. The minimum absolute atomic E-state index is 0.00621. The highest BCUT2D eigenvalue weighted by molar-refractivity contribution is 7.90. The van der Waals surface area contributed by atoms with E-state index < -0.39 is 15.3 Å². The topological polar surface area (TPSA) is 58.2 Å². The first-order chi connectivity index (χ1) is 8.53. The molecule has 1 atom stereocenters. The molecular formula is C13H20N2O2S. The normalized spacial score (nSPS) is 17.7. The Morgan fingerprint density at radius 2 is 1.83 bits per heavy atom. The second kappa shape index (κ2) is 5.38. The second-order valence-corrected chi connectivity index (χ2v) is 7.04. The molecule has 2 N–H and O–H groups in total. The van der Waals surface area contributed by atoms with Crippen molar-refractivity contribution in [3.05, 3.63) is 35.4 Å². The lowest BCUT2D eigenvalue weighted by molar-refractivity contribution is 0.540. The first-order valence-electron chi connectivity index (χ1n) is 6.25. The quantitative estimate of drug-likeness (QED) is 0.826. The summed E-state index contributed by atoms with van der Waals surface area (Å²) in [6, 6.07) is 8.15. The van der Waals surface area contributed by atoms with Crippen molar-refractivity contribution in [1.29, 1.82) is 0 Å². The zero-order valence-corrected chi connectivity index (χ0v) is 11.6. The lowest BCUT2D eigenvalue weighted by Crippen LogP contribution is -2.43. The molecule has 1 aromatic rings. The molecule has 5 heteroatoms. The maximum Gasteiger partial charge on any atom is 0.215 e. The molecule has 100 valence electrons. The van der Waals surface area contributed by atoms with Crippen molar-refractivity contribution < 1.29 is 8.42 Å². The standard InChI is InChI=1S/C13H20N2O2S/c1-10(9-14-2)18(16,17)15-13-7-11-5-3-4-6-12(11)8-13/h3-6,10,13-15H,7-9H2,1-2H3. The Labute approximate surface area is 109 Å². The number of sulfonamides is 1. The third-order valence-electron chi connectivity index (χ3n) is 3.40. The Kier molecular flexibility index (Phi) is 4.04. The van der Waals surface area contributed by atoms with Gasteiger partial charge in [0.1, 0.15) is 0 Å². The van der Waals surface area contributed by atoms with E-state index in [0.29, 0.717) is 6.54 Å².